The van der Waals surface area contributed by atoms with Crippen molar-refractivity contribution in [3.05, 3.63) is 100 Å². The number of hydrogen-bond donors (Lipinski definition) is 1. The van der Waals surface area contributed by atoms with Crippen LogP contribution in [0.3, 0.4) is 0 Å². The number of nitrogens with zero attached hydrogens (tertiary/aromatic N) is 4. The van der Waals surface area contributed by atoms with E-state index in [0.717, 1.165) is 29.5 Å². The molecule has 0 radical (unpaired) electrons. The molecule has 4 rings (SSSR count). The summed E-state index contributed by atoms with van der Waals surface area (Å²) in [4.78, 5) is 18.6. The second-order valence-electron chi connectivity index (χ2n) is 9.82. The van der Waals surface area contributed by atoms with Crippen LogP contribution in [0.5, 0.6) is 0 Å². The lowest BCUT2D eigenvalue weighted by molar-refractivity contribution is -0.131. The number of piperidine rings is 1. The van der Waals surface area contributed by atoms with Crippen LogP contribution in [0.1, 0.15) is 55.5 Å². The van der Waals surface area contributed by atoms with E-state index in [0.29, 0.717) is 30.1 Å². The highest BCUT2D eigenvalue weighted by Gasteiger charge is 2.25. The topological polar surface area (TPSA) is 84.1 Å². The van der Waals surface area contributed by atoms with Crippen LogP contribution in [-0.2, 0) is 16.0 Å². The Bertz CT molecular complexity index is 1400. The van der Waals surface area contributed by atoms with Gasteiger partial charge in [-0.3, -0.25) is 14.5 Å². The zero-order valence-electron chi connectivity index (χ0n) is 22.5. The highest BCUT2D eigenvalue weighted by atomic mass is 35.5. The fourth-order valence-corrected chi connectivity index (χ4v) is 5.45. The number of allylic oxidation sites excluding steroid dienone is 2. The maximum atomic E-state index is 14.1. The number of halogens is 3. The van der Waals surface area contributed by atoms with Crippen LogP contribution in [-0.4, -0.2) is 50.5 Å². The second-order valence-corrected chi connectivity index (χ2v) is 10.6. The first-order valence-electron chi connectivity index (χ1n) is 13.1. The number of rotatable bonds is 10. The van der Waals surface area contributed by atoms with Crippen LogP contribution in [0, 0.1) is 11.2 Å². The Hall–Kier alpha value is -3.33. The number of carbonyl (C=O) groups is 1. The summed E-state index contributed by atoms with van der Waals surface area (Å²) >= 11 is 12.4. The van der Waals surface area contributed by atoms with E-state index < -0.39 is 18.0 Å². The number of nitrogens with one attached hydrogen (secondary N) is 1. The molecule has 1 aliphatic heterocycles. The molecular formula is C30H32Cl2FN5O2. The van der Waals surface area contributed by atoms with Crippen LogP contribution in [0.4, 0.5) is 4.39 Å². The zero-order chi connectivity index (χ0) is 28.8. The van der Waals surface area contributed by atoms with Crippen molar-refractivity contribution in [2.24, 2.45) is 0 Å². The van der Waals surface area contributed by atoms with E-state index in [1.165, 1.54) is 12.1 Å². The summed E-state index contributed by atoms with van der Waals surface area (Å²) < 4.78 is 22.1. The monoisotopic (exact) mass is 583 g/mol. The van der Waals surface area contributed by atoms with E-state index >= 15 is 0 Å². The van der Waals surface area contributed by atoms with Crippen LogP contribution in [0.25, 0.3) is 5.57 Å². The smallest absolute Gasteiger partial charge is 0.226 e. The molecule has 3 aromatic rings. The van der Waals surface area contributed by atoms with Crippen LogP contribution < -0.4 is 0 Å². The maximum absolute atomic E-state index is 14.1. The van der Waals surface area contributed by atoms with Crippen molar-refractivity contribution < 1.29 is 13.9 Å². The lowest BCUT2D eigenvalue weighted by Crippen LogP contribution is -2.39. The van der Waals surface area contributed by atoms with E-state index in [4.69, 9.17) is 33.3 Å². The van der Waals surface area contributed by atoms with Gasteiger partial charge >= 0.3 is 0 Å². The fourth-order valence-electron chi connectivity index (χ4n) is 4.77. The quantitative estimate of drug-likeness (QED) is 0.160. The van der Waals surface area contributed by atoms with Gasteiger partial charge in [-0.1, -0.05) is 35.9 Å². The summed E-state index contributed by atoms with van der Waals surface area (Å²) in [6.07, 6.45) is 11.2. The van der Waals surface area contributed by atoms with Crippen molar-refractivity contribution in [2.75, 3.05) is 13.1 Å². The number of likely N-dealkylation sites (tertiary alicyclic amines) is 1. The van der Waals surface area contributed by atoms with Gasteiger partial charge in [0, 0.05) is 53.5 Å². The van der Waals surface area contributed by atoms with Crippen molar-refractivity contribution in [1.29, 1.82) is 5.41 Å². The second kappa shape index (κ2) is 13.4. The third kappa shape index (κ3) is 7.05. The summed E-state index contributed by atoms with van der Waals surface area (Å²) in [5.41, 5.74) is 3.13. The van der Waals surface area contributed by atoms with Gasteiger partial charge in [0.25, 0.3) is 0 Å². The zero-order valence-corrected chi connectivity index (χ0v) is 24.0. The molecule has 1 saturated heterocycles. The molecular weight excluding hydrogens is 552 g/mol. The predicted octanol–water partition coefficient (Wildman–Crippen LogP) is 6.89. The summed E-state index contributed by atoms with van der Waals surface area (Å²) in [5, 5.41) is 13.1. The number of pyridine rings is 1. The van der Waals surface area contributed by atoms with E-state index in [9.17, 15) is 9.18 Å². The first-order valence-corrected chi connectivity index (χ1v) is 13.8. The van der Waals surface area contributed by atoms with Gasteiger partial charge in [-0.2, -0.15) is 5.10 Å². The predicted molar refractivity (Wildman–Crippen MR) is 156 cm³/mol. The van der Waals surface area contributed by atoms with Crippen molar-refractivity contribution in [2.45, 2.75) is 51.4 Å². The molecule has 3 heterocycles. The number of benzene rings is 1. The minimum atomic E-state index is -0.726. The lowest BCUT2D eigenvalue weighted by Gasteiger charge is -2.32. The molecule has 0 aliphatic carbocycles. The molecule has 210 valence electrons. The number of aromatic nitrogens is 3. The summed E-state index contributed by atoms with van der Waals surface area (Å²) in [6, 6.07) is 6.53. The van der Waals surface area contributed by atoms with Gasteiger partial charge in [-0.05, 0) is 68.2 Å². The van der Waals surface area contributed by atoms with Gasteiger partial charge in [-0.25, -0.2) is 4.39 Å². The average molecular weight is 585 g/mol. The minimum Gasteiger partial charge on any atom is -0.360 e. The lowest BCUT2D eigenvalue weighted by atomic mass is 10.0. The Balaban J connectivity index is 1.42. The molecule has 1 aromatic carbocycles. The fraction of sp³-hybridized carbons (Fsp3) is 0.333. The largest absolute Gasteiger partial charge is 0.360 e. The molecule has 0 bridgehead atoms. The first kappa shape index (κ1) is 29.6. The van der Waals surface area contributed by atoms with Gasteiger partial charge < -0.3 is 15.0 Å². The highest BCUT2D eigenvalue weighted by Crippen LogP contribution is 2.35. The van der Waals surface area contributed by atoms with Gasteiger partial charge in [0.2, 0.25) is 5.91 Å². The summed E-state index contributed by atoms with van der Waals surface area (Å²) in [5.74, 6) is -0.468. The van der Waals surface area contributed by atoms with Gasteiger partial charge in [0.15, 0.2) is 0 Å². The average Bonchev–Trinajstić information content (AvgIpc) is 3.44. The standard InChI is InChI=1S/C30H32Cl2FN5O2/c1-4-22(16-27(19(2)34)40-20(3)29-25(31)5-6-26(33)30(29)32)23-17-36-38(18-23)24-9-13-37(14-10-24)28(39)15-21-7-11-35-12-8-21/h4-8,11-12,16-18,20,24,27,34H,1,9-10,13-15H2,2-3H3/b22-16+,34-19?. The van der Waals surface area contributed by atoms with Gasteiger partial charge in [-0.15, -0.1) is 0 Å². The minimum absolute atomic E-state index is 0.0966. The van der Waals surface area contributed by atoms with Crippen LogP contribution >= 0.6 is 23.2 Å². The first-order chi connectivity index (χ1) is 19.2. The van der Waals surface area contributed by atoms with Crippen LogP contribution in [0.2, 0.25) is 10.0 Å². The molecule has 2 aromatic heterocycles. The SMILES string of the molecule is C=C/C(=C\C(OC(C)c1c(Cl)ccc(F)c1Cl)C(C)=N)c1cnn(C2CCN(C(=O)Cc3ccncc3)CC2)c1. The Morgan fingerprint density at radius 3 is 2.60 bits per heavy atom. The number of amides is 1. The molecule has 2 unspecified atom stereocenters. The Kier molecular flexibility index (Phi) is 9.90. The van der Waals surface area contributed by atoms with E-state index in [1.54, 1.807) is 44.6 Å². The van der Waals surface area contributed by atoms with Crippen molar-refractivity contribution in [3.8, 4) is 0 Å². The van der Waals surface area contributed by atoms with Crippen molar-refractivity contribution in [1.82, 2.24) is 19.7 Å². The third-order valence-corrected chi connectivity index (χ3v) is 7.76. The molecule has 10 heteroatoms. The Labute approximate surface area is 243 Å². The molecule has 0 saturated carbocycles. The molecule has 1 aliphatic rings. The molecule has 7 nitrogen and oxygen atoms in total. The molecule has 2 atom stereocenters. The molecule has 1 amide bonds. The highest BCUT2D eigenvalue weighted by molar-refractivity contribution is 6.36. The van der Waals surface area contributed by atoms with Gasteiger partial charge in [0.1, 0.15) is 11.9 Å². The third-order valence-electron chi connectivity index (χ3n) is 7.05. The van der Waals surface area contributed by atoms with Crippen molar-refractivity contribution in [3.63, 3.8) is 0 Å². The molecule has 1 fully saturated rings. The molecule has 0 spiro atoms. The molecule has 1 N–H and O–H groups in total. The maximum Gasteiger partial charge on any atom is 0.226 e. The normalized spacial score (nSPS) is 16.0. The number of ether oxygens (including phenoxy) is 1. The van der Waals surface area contributed by atoms with Crippen molar-refractivity contribution >= 4 is 40.4 Å². The van der Waals surface area contributed by atoms with Crippen LogP contribution in [0.15, 0.2) is 67.8 Å². The van der Waals surface area contributed by atoms with Gasteiger partial charge in [0.05, 0.1) is 29.8 Å². The van der Waals surface area contributed by atoms with E-state index in [1.807, 2.05) is 27.9 Å². The van der Waals surface area contributed by atoms with E-state index in [-0.39, 0.29) is 22.7 Å². The molecule has 40 heavy (non-hydrogen) atoms. The number of hydrogen-bond acceptors (Lipinski definition) is 5. The van der Waals surface area contributed by atoms with E-state index in [2.05, 4.69) is 16.7 Å². The summed E-state index contributed by atoms with van der Waals surface area (Å²) in [7, 11) is 0. The summed E-state index contributed by atoms with van der Waals surface area (Å²) in [6.45, 7) is 8.63. The Morgan fingerprint density at radius 2 is 1.95 bits per heavy atom. The number of carbonyl (C=O) groups excluding carboxylic acids is 1. The Morgan fingerprint density at radius 1 is 1.25 bits per heavy atom.